The lowest BCUT2D eigenvalue weighted by Crippen LogP contribution is -2.67. The van der Waals surface area contributed by atoms with Crippen LogP contribution in [0.4, 0.5) is 0 Å². The lowest BCUT2D eigenvalue weighted by atomic mass is 9.96. The van der Waals surface area contributed by atoms with Gasteiger partial charge in [-0.2, -0.15) is 0 Å². The first kappa shape index (κ1) is 70.6. The minimum absolute atomic E-state index is 0.00913. The van der Waals surface area contributed by atoms with Gasteiger partial charge in [0.05, 0.1) is 30.5 Å². The number of rotatable bonds is 28. The van der Waals surface area contributed by atoms with Gasteiger partial charge in [-0.3, -0.25) is 14.4 Å². The maximum Gasteiger partial charge on any atom is 0.306 e. The van der Waals surface area contributed by atoms with Crippen LogP contribution in [0.5, 0.6) is 0 Å². The molecule has 21 atom stereocenters. The molecule has 0 unspecified atom stereocenters. The number of fused-ring (bicyclic) bond motifs is 2. The summed E-state index contributed by atoms with van der Waals surface area (Å²) in [5.74, 6) is -1.83. The van der Waals surface area contributed by atoms with E-state index in [0.717, 1.165) is 128 Å². The molecule has 478 valence electrons. The molecule has 0 aliphatic carbocycles. The first-order chi connectivity index (χ1) is 39.5. The molecule has 0 amide bonds. The fraction of sp³-hybridized carbons (Fsp3) is 0.952. The molecule has 5 heterocycles. The number of carbonyl (C=O) groups is 3. The highest BCUT2D eigenvalue weighted by Crippen LogP contribution is 2.37. The Morgan fingerprint density at radius 1 is 0.427 bits per heavy atom. The largest absolute Gasteiger partial charge is 0.457 e. The molecular weight excluding hydrogens is 1060 g/mol. The summed E-state index contributed by atoms with van der Waals surface area (Å²) in [5, 5.41) is 70.2. The maximum atomic E-state index is 13.7. The molecule has 20 heteroatoms. The first-order valence-electron chi connectivity index (χ1n) is 32.4. The first-order valence-corrected chi connectivity index (χ1v) is 32.4. The minimum Gasteiger partial charge on any atom is -0.457 e. The summed E-state index contributed by atoms with van der Waals surface area (Å²) in [4.78, 5) is 40.4. The van der Waals surface area contributed by atoms with Gasteiger partial charge in [-0.15, -0.1) is 0 Å². The second-order valence-corrected chi connectivity index (χ2v) is 24.2. The Bertz CT molecular complexity index is 1760. The molecule has 0 aromatic rings. The van der Waals surface area contributed by atoms with E-state index in [0.29, 0.717) is 19.3 Å². The Morgan fingerprint density at radius 2 is 0.890 bits per heavy atom. The van der Waals surface area contributed by atoms with Crippen molar-refractivity contribution < 1.29 is 97.1 Å². The Labute approximate surface area is 489 Å². The van der Waals surface area contributed by atoms with Crippen LogP contribution in [0, 0.1) is 0 Å². The molecule has 5 saturated heterocycles. The SMILES string of the molecule is CCCCCCCCCCCC(=O)O[C@@H]1[C@@H](O)[C@@H](O)[C@H](O[C@@H]2[C@@H](O)[C@@H](OC(=O)CCCCCCCCC)[C@H](O[C@@H]3[C@@H](O)[C@H]4OC(=O)CCCCCCCCC[C@H](CCCCC)O[C@@H]5O[C@H](C)[C@H](O)[C@H](O)[C@H]5O[C@@H]4O[C@H]3C)O[C@H]2C)O[C@H]1C. The number of unbranched alkanes of at least 4 members (excludes halogenated alkanes) is 16. The summed E-state index contributed by atoms with van der Waals surface area (Å²) in [6.45, 7) is 12.8. The van der Waals surface area contributed by atoms with Crippen molar-refractivity contribution in [3.05, 3.63) is 0 Å². The Hall–Kier alpha value is -2.15. The van der Waals surface area contributed by atoms with Crippen LogP contribution in [0.25, 0.3) is 0 Å². The standard InChI is InChI=1S/C62H110O20/c1-8-11-14-16-18-19-23-27-31-36-44(63)77-53-40(5)73-59(50(69)49(53)68)80-54-41(6)74-61(57(51(54)70)78-45(64)37-32-26-21-17-15-12-9-2)81-55-42(7)75-62-58(52(55)71)79-46(65)38-33-28-24-20-22-25-30-35-43(34-29-13-10-3)76-60-56(82-62)48(67)47(66)39(4)72-60/h39-43,47-62,66-71H,8-38H2,1-7H3/t39-,40+,41+,42+,43+,47+,48+,49+,50-,51-,52-,53+,54+,55+,56-,57-,58-,59+,60+,61+,62+/m1/s1. The van der Waals surface area contributed by atoms with Crippen molar-refractivity contribution in [2.45, 2.75) is 376 Å². The van der Waals surface area contributed by atoms with E-state index < -0.39 is 141 Å². The van der Waals surface area contributed by atoms with Gasteiger partial charge in [0, 0.05) is 19.3 Å². The van der Waals surface area contributed by atoms with Crippen LogP contribution < -0.4 is 0 Å². The predicted molar refractivity (Wildman–Crippen MR) is 303 cm³/mol. The van der Waals surface area contributed by atoms with Gasteiger partial charge in [0.25, 0.3) is 0 Å². The number of esters is 3. The molecular formula is C62H110O20. The minimum atomic E-state index is -1.74. The van der Waals surface area contributed by atoms with Crippen LogP contribution in [-0.4, -0.2) is 177 Å². The summed E-state index contributed by atoms with van der Waals surface area (Å²) in [5.41, 5.74) is 0. The molecule has 0 spiro atoms. The van der Waals surface area contributed by atoms with Crippen molar-refractivity contribution in [2.75, 3.05) is 0 Å². The van der Waals surface area contributed by atoms with Crippen LogP contribution in [0.1, 0.15) is 248 Å². The fourth-order valence-electron chi connectivity index (χ4n) is 11.9. The number of hydrogen-bond acceptors (Lipinski definition) is 20. The highest BCUT2D eigenvalue weighted by molar-refractivity contribution is 5.70. The van der Waals surface area contributed by atoms with Gasteiger partial charge < -0.3 is 82.7 Å². The van der Waals surface area contributed by atoms with E-state index in [2.05, 4.69) is 20.8 Å². The Kier molecular flexibility index (Phi) is 32.9. The molecule has 82 heavy (non-hydrogen) atoms. The zero-order valence-corrected chi connectivity index (χ0v) is 50.9. The molecule has 0 aromatic carbocycles. The van der Waals surface area contributed by atoms with Gasteiger partial charge >= 0.3 is 17.9 Å². The molecule has 0 radical (unpaired) electrons. The smallest absolute Gasteiger partial charge is 0.306 e. The molecule has 6 N–H and O–H groups in total. The average Bonchev–Trinajstić information content (AvgIpc) is 3.64. The van der Waals surface area contributed by atoms with Gasteiger partial charge in [0.1, 0.15) is 54.9 Å². The average molecular weight is 1180 g/mol. The Morgan fingerprint density at radius 3 is 1.50 bits per heavy atom. The van der Waals surface area contributed by atoms with Gasteiger partial charge in [-0.1, -0.05) is 168 Å². The number of ether oxygens (including phenoxy) is 11. The molecule has 5 aliphatic rings. The van der Waals surface area contributed by atoms with E-state index in [-0.39, 0.29) is 25.4 Å². The van der Waals surface area contributed by atoms with Crippen LogP contribution in [0.15, 0.2) is 0 Å². The van der Waals surface area contributed by atoms with Gasteiger partial charge in [0.2, 0.25) is 0 Å². The summed E-state index contributed by atoms with van der Waals surface area (Å²) < 4.78 is 68.6. The summed E-state index contributed by atoms with van der Waals surface area (Å²) in [6.07, 6.45) is -1.16. The van der Waals surface area contributed by atoms with Gasteiger partial charge in [-0.25, -0.2) is 0 Å². The van der Waals surface area contributed by atoms with Crippen molar-refractivity contribution >= 4 is 17.9 Å². The summed E-state index contributed by atoms with van der Waals surface area (Å²) >= 11 is 0. The fourth-order valence-corrected chi connectivity index (χ4v) is 11.9. The van der Waals surface area contributed by atoms with Crippen LogP contribution >= 0.6 is 0 Å². The zero-order valence-electron chi connectivity index (χ0n) is 50.9. The molecule has 5 aliphatic heterocycles. The topological polar surface area (TPSA) is 274 Å². The third kappa shape index (κ3) is 22.5. The van der Waals surface area contributed by atoms with Crippen molar-refractivity contribution in [2.24, 2.45) is 0 Å². The third-order valence-corrected chi connectivity index (χ3v) is 17.1. The highest BCUT2D eigenvalue weighted by atomic mass is 16.8. The van der Waals surface area contributed by atoms with E-state index in [1.165, 1.54) is 32.1 Å². The van der Waals surface area contributed by atoms with Gasteiger partial charge in [0.15, 0.2) is 43.5 Å². The number of carbonyl (C=O) groups excluding carboxylic acids is 3. The number of aliphatic hydroxyl groups is 6. The predicted octanol–water partition coefficient (Wildman–Crippen LogP) is 8.57. The maximum absolute atomic E-state index is 13.7. The van der Waals surface area contributed by atoms with Crippen LogP contribution in [0.3, 0.4) is 0 Å². The highest BCUT2D eigenvalue weighted by Gasteiger charge is 2.56. The van der Waals surface area contributed by atoms with Gasteiger partial charge in [-0.05, 0) is 59.8 Å². The molecule has 20 nitrogen and oxygen atoms in total. The van der Waals surface area contributed by atoms with Crippen LogP contribution in [0.2, 0.25) is 0 Å². The second kappa shape index (κ2) is 38.2. The normalized spacial score (nSPS) is 37.4. The molecule has 5 fully saturated rings. The molecule has 0 bridgehead atoms. The second-order valence-electron chi connectivity index (χ2n) is 24.2. The van der Waals surface area contributed by atoms with E-state index in [9.17, 15) is 45.0 Å². The monoisotopic (exact) mass is 1170 g/mol. The molecule has 0 aromatic heterocycles. The van der Waals surface area contributed by atoms with Crippen molar-refractivity contribution in [3.8, 4) is 0 Å². The lowest BCUT2D eigenvalue weighted by molar-refractivity contribution is -0.387. The lowest BCUT2D eigenvalue weighted by Gasteiger charge is -2.49. The zero-order chi connectivity index (χ0) is 59.6. The summed E-state index contributed by atoms with van der Waals surface area (Å²) in [6, 6.07) is 0. The number of hydrogen-bond donors (Lipinski definition) is 6. The third-order valence-electron chi connectivity index (χ3n) is 17.1. The van der Waals surface area contributed by atoms with Crippen molar-refractivity contribution in [1.29, 1.82) is 0 Å². The summed E-state index contributed by atoms with van der Waals surface area (Å²) in [7, 11) is 0. The molecule has 5 rings (SSSR count). The van der Waals surface area contributed by atoms with E-state index in [4.69, 9.17) is 52.1 Å². The van der Waals surface area contributed by atoms with Crippen LogP contribution in [-0.2, 0) is 66.5 Å². The Balaban J connectivity index is 1.33. The van der Waals surface area contributed by atoms with E-state index >= 15 is 0 Å². The van der Waals surface area contributed by atoms with Crippen molar-refractivity contribution in [3.63, 3.8) is 0 Å². The van der Waals surface area contributed by atoms with E-state index in [1.54, 1.807) is 27.7 Å². The molecule has 0 saturated carbocycles. The quantitative estimate of drug-likeness (QED) is 0.0243. The number of aliphatic hydroxyl groups excluding tert-OH is 6. The van der Waals surface area contributed by atoms with Crippen molar-refractivity contribution in [1.82, 2.24) is 0 Å². The van der Waals surface area contributed by atoms with E-state index in [1.807, 2.05) is 0 Å².